The van der Waals surface area contributed by atoms with Gasteiger partial charge in [-0.25, -0.2) is 0 Å². The van der Waals surface area contributed by atoms with Crippen LogP contribution in [0.3, 0.4) is 0 Å². The van der Waals surface area contributed by atoms with E-state index in [2.05, 4.69) is 18.7 Å². The zero-order valence-electron chi connectivity index (χ0n) is 13.5. The lowest BCUT2D eigenvalue weighted by Gasteiger charge is -2.30. The summed E-state index contributed by atoms with van der Waals surface area (Å²) in [6.07, 6.45) is 0. The molecule has 0 saturated carbocycles. The second-order valence-corrected chi connectivity index (χ2v) is 5.61. The van der Waals surface area contributed by atoms with Crippen LogP contribution in [0.15, 0.2) is 18.2 Å². The first-order valence-corrected chi connectivity index (χ1v) is 7.21. The van der Waals surface area contributed by atoms with Crippen LogP contribution in [0.1, 0.15) is 39.3 Å². The Labute approximate surface area is 126 Å². The van der Waals surface area contributed by atoms with Crippen LogP contribution in [0, 0.1) is 5.41 Å². The molecular weight excluding hydrogens is 268 g/mol. The second-order valence-electron chi connectivity index (χ2n) is 5.61. The molecule has 118 valence electrons. The van der Waals surface area contributed by atoms with E-state index < -0.39 is 17.4 Å². The third kappa shape index (κ3) is 3.47. The molecule has 5 nitrogen and oxygen atoms in total. The summed E-state index contributed by atoms with van der Waals surface area (Å²) in [5.41, 5.74) is 6.73. The van der Waals surface area contributed by atoms with Crippen molar-refractivity contribution in [3.63, 3.8) is 0 Å². The molecule has 1 aromatic carbocycles. The number of phenolic OH excluding ortho intramolecular Hbond substituents is 1. The summed E-state index contributed by atoms with van der Waals surface area (Å²) in [4.78, 5) is 14.0. The SMILES string of the molecule is CCN(CC)c1ccc([C@H](N)C(C)(C)C(=O)OC)c(O)c1. The molecular formula is C16H26N2O3. The number of aromatic hydroxyl groups is 1. The van der Waals surface area contributed by atoms with Crippen LogP contribution in [-0.4, -0.2) is 31.3 Å². The van der Waals surface area contributed by atoms with Crippen LogP contribution in [0.5, 0.6) is 5.75 Å². The van der Waals surface area contributed by atoms with Crippen molar-refractivity contribution in [3.8, 4) is 5.75 Å². The van der Waals surface area contributed by atoms with Crippen molar-refractivity contribution in [1.29, 1.82) is 0 Å². The minimum Gasteiger partial charge on any atom is -0.508 e. The summed E-state index contributed by atoms with van der Waals surface area (Å²) in [5, 5.41) is 10.3. The number of carbonyl (C=O) groups excluding carboxylic acids is 1. The van der Waals surface area contributed by atoms with Gasteiger partial charge >= 0.3 is 5.97 Å². The number of rotatable bonds is 6. The topological polar surface area (TPSA) is 75.8 Å². The van der Waals surface area contributed by atoms with Gasteiger partial charge in [0.05, 0.1) is 12.5 Å². The second kappa shape index (κ2) is 6.80. The highest BCUT2D eigenvalue weighted by molar-refractivity contribution is 5.77. The van der Waals surface area contributed by atoms with Gasteiger partial charge in [-0.1, -0.05) is 6.07 Å². The molecule has 0 aromatic heterocycles. The molecule has 0 fully saturated rings. The summed E-state index contributed by atoms with van der Waals surface area (Å²) in [5.74, 6) is -0.300. The zero-order valence-corrected chi connectivity index (χ0v) is 13.5. The Bertz CT molecular complexity index is 496. The maximum Gasteiger partial charge on any atom is 0.313 e. The number of nitrogens with two attached hydrogens (primary N) is 1. The number of hydrogen-bond acceptors (Lipinski definition) is 5. The minimum atomic E-state index is -0.914. The lowest BCUT2D eigenvalue weighted by Crippen LogP contribution is -2.37. The summed E-state index contributed by atoms with van der Waals surface area (Å²) in [6.45, 7) is 9.24. The summed E-state index contributed by atoms with van der Waals surface area (Å²) < 4.78 is 4.79. The molecule has 3 N–H and O–H groups in total. The van der Waals surface area contributed by atoms with Crippen LogP contribution in [-0.2, 0) is 9.53 Å². The molecule has 1 aromatic rings. The lowest BCUT2D eigenvalue weighted by atomic mass is 9.80. The van der Waals surface area contributed by atoms with Gasteiger partial charge in [0.15, 0.2) is 0 Å². The summed E-state index contributed by atoms with van der Waals surface area (Å²) in [6, 6.07) is 4.74. The normalized spacial score (nSPS) is 12.9. The van der Waals surface area contributed by atoms with Gasteiger partial charge in [0, 0.05) is 36.4 Å². The van der Waals surface area contributed by atoms with Crippen molar-refractivity contribution in [2.45, 2.75) is 33.7 Å². The van der Waals surface area contributed by atoms with Gasteiger partial charge < -0.3 is 20.5 Å². The number of esters is 1. The average molecular weight is 294 g/mol. The fraction of sp³-hybridized carbons (Fsp3) is 0.562. The number of carbonyl (C=O) groups is 1. The molecule has 1 rings (SSSR count). The van der Waals surface area contributed by atoms with Crippen LogP contribution in [0.4, 0.5) is 5.69 Å². The van der Waals surface area contributed by atoms with E-state index >= 15 is 0 Å². The van der Waals surface area contributed by atoms with Crippen molar-refractivity contribution in [2.24, 2.45) is 11.1 Å². The predicted octanol–water partition coefficient (Wildman–Crippen LogP) is 2.44. The number of ether oxygens (including phenoxy) is 1. The Balaban J connectivity index is 3.13. The highest BCUT2D eigenvalue weighted by atomic mass is 16.5. The molecule has 0 amide bonds. The quantitative estimate of drug-likeness (QED) is 0.788. The van der Waals surface area contributed by atoms with Crippen LogP contribution < -0.4 is 10.6 Å². The van der Waals surface area contributed by atoms with E-state index in [9.17, 15) is 9.90 Å². The van der Waals surface area contributed by atoms with Gasteiger partial charge in [0.1, 0.15) is 5.75 Å². The van der Waals surface area contributed by atoms with E-state index in [0.29, 0.717) is 5.56 Å². The maximum atomic E-state index is 11.8. The van der Waals surface area contributed by atoms with Crippen LogP contribution in [0.25, 0.3) is 0 Å². The molecule has 21 heavy (non-hydrogen) atoms. The van der Waals surface area contributed by atoms with Gasteiger partial charge in [0.25, 0.3) is 0 Å². The van der Waals surface area contributed by atoms with Crippen molar-refractivity contribution < 1.29 is 14.6 Å². The zero-order chi connectivity index (χ0) is 16.2. The Morgan fingerprint density at radius 1 is 1.38 bits per heavy atom. The predicted molar refractivity (Wildman–Crippen MR) is 84.4 cm³/mol. The molecule has 0 saturated heterocycles. The van der Waals surface area contributed by atoms with Crippen molar-refractivity contribution in [3.05, 3.63) is 23.8 Å². The van der Waals surface area contributed by atoms with Crippen molar-refractivity contribution in [2.75, 3.05) is 25.1 Å². The number of phenols is 1. The fourth-order valence-corrected chi connectivity index (χ4v) is 2.36. The highest BCUT2D eigenvalue weighted by Gasteiger charge is 2.37. The standard InChI is InChI=1S/C16H26N2O3/c1-6-18(7-2)11-8-9-12(13(19)10-11)14(17)16(3,4)15(20)21-5/h8-10,14,19H,6-7,17H2,1-5H3/t14-/m0/s1. The van der Waals surface area contributed by atoms with Gasteiger partial charge in [-0.2, -0.15) is 0 Å². The third-order valence-electron chi connectivity index (χ3n) is 3.97. The van der Waals surface area contributed by atoms with Crippen molar-refractivity contribution >= 4 is 11.7 Å². The molecule has 0 unspecified atom stereocenters. The van der Waals surface area contributed by atoms with Gasteiger partial charge in [-0.05, 0) is 33.8 Å². The lowest BCUT2D eigenvalue weighted by molar-refractivity contribution is -0.152. The number of anilines is 1. The average Bonchev–Trinajstić information content (AvgIpc) is 2.47. The van der Waals surface area contributed by atoms with Crippen molar-refractivity contribution in [1.82, 2.24) is 0 Å². The van der Waals surface area contributed by atoms with Crippen LogP contribution in [0.2, 0.25) is 0 Å². The van der Waals surface area contributed by atoms with E-state index in [0.717, 1.165) is 18.8 Å². The van der Waals surface area contributed by atoms with Crippen LogP contribution >= 0.6 is 0 Å². The Kier molecular flexibility index (Phi) is 5.61. The maximum absolute atomic E-state index is 11.8. The third-order valence-corrected chi connectivity index (χ3v) is 3.97. The smallest absolute Gasteiger partial charge is 0.313 e. The first-order valence-electron chi connectivity index (χ1n) is 7.21. The van der Waals surface area contributed by atoms with E-state index in [4.69, 9.17) is 10.5 Å². The first kappa shape index (κ1) is 17.3. The Hall–Kier alpha value is -1.75. The molecule has 1 atom stereocenters. The summed E-state index contributed by atoms with van der Waals surface area (Å²) >= 11 is 0. The van der Waals surface area contributed by atoms with Gasteiger partial charge in [-0.15, -0.1) is 0 Å². The summed E-state index contributed by atoms with van der Waals surface area (Å²) in [7, 11) is 1.33. The molecule has 0 bridgehead atoms. The number of nitrogens with zero attached hydrogens (tertiary/aromatic N) is 1. The molecule has 5 heteroatoms. The largest absolute Gasteiger partial charge is 0.508 e. The number of hydrogen-bond donors (Lipinski definition) is 2. The molecule has 0 spiro atoms. The Morgan fingerprint density at radius 2 is 1.95 bits per heavy atom. The molecule has 0 heterocycles. The first-order chi connectivity index (χ1) is 9.79. The van der Waals surface area contributed by atoms with E-state index in [1.54, 1.807) is 26.0 Å². The minimum absolute atomic E-state index is 0.101. The van der Waals surface area contributed by atoms with E-state index in [-0.39, 0.29) is 5.75 Å². The number of benzene rings is 1. The Morgan fingerprint density at radius 3 is 2.38 bits per heavy atom. The fourth-order valence-electron chi connectivity index (χ4n) is 2.36. The monoisotopic (exact) mass is 294 g/mol. The van der Waals surface area contributed by atoms with Gasteiger partial charge in [-0.3, -0.25) is 4.79 Å². The van der Waals surface area contributed by atoms with Gasteiger partial charge in [0.2, 0.25) is 0 Å². The highest BCUT2D eigenvalue weighted by Crippen LogP contribution is 2.38. The molecule has 0 aliphatic carbocycles. The van der Waals surface area contributed by atoms with E-state index in [1.807, 2.05) is 6.07 Å². The molecule has 0 radical (unpaired) electrons. The molecule has 0 aliphatic rings. The molecule has 0 aliphatic heterocycles. The number of methoxy groups -OCH3 is 1. The van der Waals surface area contributed by atoms with E-state index in [1.165, 1.54) is 7.11 Å².